The van der Waals surface area contributed by atoms with Crippen molar-refractivity contribution in [1.29, 1.82) is 0 Å². The molecule has 0 fully saturated rings. The van der Waals surface area contributed by atoms with Gasteiger partial charge in [0.25, 0.3) is 0 Å². The van der Waals surface area contributed by atoms with Gasteiger partial charge in [0, 0.05) is 40.2 Å². The molecule has 4 aromatic rings. The van der Waals surface area contributed by atoms with Gasteiger partial charge in [-0.1, -0.05) is 35.5 Å². The topological polar surface area (TPSA) is 52.7 Å². The monoisotopic (exact) mass is 424 g/mol. The van der Waals surface area contributed by atoms with Crippen LogP contribution in [0.3, 0.4) is 0 Å². The van der Waals surface area contributed by atoms with Crippen molar-refractivity contribution in [2.24, 2.45) is 0 Å². The highest BCUT2D eigenvalue weighted by atomic mass is 35.5. The van der Waals surface area contributed by atoms with Gasteiger partial charge in [-0.2, -0.15) is 5.10 Å². The fourth-order valence-electron chi connectivity index (χ4n) is 3.32. The van der Waals surface area contributed by atoms with Crippen LogP contribution in [0.15, 0.2) is 58.7 Å². The molecule has 0 unspecified atom stereocenters. The quantitative estimate of drug-likeness (QED) is 0.362. The lowest BCUT2D eigenvalue weighted by molar-refractivity contribution is 0.101. The van der Waals surface area contributed by atoms with Crippen molar-refractivity contribution in [2.45, 2.75) is 43.7 Å². The Labute approximate surface area is 178 Å². The molecule has 148 valence electrons. The summed E-state index contributed by atoms with van der Waals surface area (Å²) in [6, 6.07) is 11.7. The van der Waals surface area contributed by atoms with Crippen LogP contribution in [-0.4, -0.2) is 25.1 Å². The number of pyridine rings is 1. The van der Waals surface area contributed by atoms with Crippen molar-refractivity contribution in [3.05, 3.63) is 65.2 Å². The van der Waals surface area contributed by atoms with Crippen LogP contribution in [0.1, 0.15) is 43.0 Å². The molecule has 0 aliphatic heterocycles. The molecular weight excluding hydrogens is 404 g/mol. The smallest absolute Gasteiger partial charge is 0.178 e. The molecule has 0 amide bonds. The van der Waals surface area contributed by atoms with Crippen molar-refractivity contribution in [2.75, 3.05) is 0 Å². The predicted molar refractivity (Wildman–Crippen MR) is 118 cm³/mol. The van der Waals surface area contributed by atoms with E-state index in [1.54, 1.807) is 17.8 Å². The average molecular weight is 425 g/mol. The minimum atomic E-state index is -0.0421. The number of carbonyl (C=O) groups is 1. The summed E-state index contributed by atoms with van der Waals surface area (Å²) in [7, 11) is 0. The molecule has 0 radical (unpaired) electrons. The van der Waals surface area contributed by atoms with E-state index in [1.165, 1.54) is 6.92 Å². The van der Waals surface area contributed by atoms with Gasteiger partial charge in [0.05, 0.1) is 17.4 Å². The van der Waals surface area contributed by atoms with Crippen molar-refractivity contribution in [3.63, 3.8) is 0 Å². The van der Waals surface area contributed by atoms with E-state index in [2.05, 4.69) is 35.4 Å². The molecule has 0 atom stereocenters. The largest absolute Gasteiger partial charge is 0.310 e. The number of halogens is 1. The lowest BCUT2D eigenvalue weighted by Crippen LogP contribution is -2.00. The normalized spacial score (nSPS) is 11.5. The Hall–Kier alpha value is -2.57. The number of fused-ring (bicyclic) bond motifs is 1. The Balaban J connectivity index is 1.88. The third kappa shape index (κ3) is 3.70. The minimum absolute atomic E-state index is 0.0421. The van der Waals surface area contributed by atoms with Gasteiger partial charge in [-0.25, -0.2) is 4.98 Å². The van der Waals surface area contributed by atoms with Gasteiger partial charge in [-0.05, 0) is 45.0 Å². The van der Waals surface area contributed by atoms with Gasteiger partial charge in [-0.15, -0.1) is 0 Å². The number of carbonyl (C=O) groups excluding carboxylic acids is 1. The highest BCUT2D eigenvalue weighted by molar-refractivity contribution is 7.99. The van der Waals surface area contributed by atoms with Gasteiger partial charge >= 0.3 is 0 Å². The number of nitrogens with zero attached hydrogens (tertiary/aromatic N) is 4. The Morgan fingerprint density at radius 2 is 2.00 bits per heavy atom. The third-order valence-electron chi connectivity index (χ3n) is 4.78. The van der Waals surface area contributed by atoms with E-state index < -0.39 is 0 Å². The van der Waals surface area contributed by atoms with Gasteiger partial charge in [0.2, 0.25) is 0 Å². The summed E-state index contributed by atoms with van der Waals surface area (Å²) in [5, 5.41) is 7.05. The lowest BCUT2D eigenvalue weighted by Gasteiger charge is -2.07. The lowest BCUT2D eigenvalue weighted by atomic mass is 10.2. The fraction of sp³-hybridized carbons (Fsp3) is 0.227. The van der Waals surface area contributed by atoms with Crippen LogP contribution in [0.5, 0.6) is 0 Å². The molecule has 5 nitrogen and oxygen atoms in total. The molecule has 3 aromatic heterocycles. The van der Waals surface area contributed by atoms with Crippen LogP contribution in [0, 0.1) is 6.92 Å². The van der Waals surface area contributed by atoms with Crippen LogP contribution in [0.4, 0.5) is 0 Å². The SMILES string of the molecule is CC(=O)c1cccc(Sc2c(C)n(-c3cnn(C(C)C)c3)c3cc(Cl)ccc23)n1. The van der Waals surface area contributed by atoms with E-state index in [4.69, 9.17) is 11.6 Å². The van der Waals surface area contributed by atoms with Crippen LogP contribution in [-0.2, 0) is 0 Å². The number of aromatic nitrogens is 4. The van der Waals surface area contributed by atoms with E-state index in [1.807, 2.05) is 47.4 Å². The first kappa shape index (κ1) is 19.7. The first-order chi connectivity index (χ1) is 13.8. The molecule has 7 heteroatoms. The average Bonchev–Trinajstić information content (AvgIpc) is 3.25. The van der Waals surface area contributed by atoms with Crippen LogP contribution < -0.4 is 0 Å². The molecular formula is C22H21ClN4OS. The van der Waals surface area contributed by atoms with Crippen LogP contribution in [0.25, 0.3) is 16.6 Å². The third-order valence-corrected chi connectivity index (χ3v) is 6.17. The molecule has 0 saturated heterocycles. The molecule has 3 heterocycles. The Morgan fingerprint density at radius 3 is 2.69 bits per heavy atom. The van der Waals surface area contributed by atoms with E-state index >= 15 is 0 Å². The van der Waals surface area contributed by atoms with Crippen molar-refractivity contribution in [3.8, 4) is 5.69 Å². The summed E-state index contributed by atoms with van der Waals surface area (Å²) < 4.78 is 4.11. The Bertz CT molecular complexity index is 1230. The molecule has 0 spiro atoms. The first-order valence-corrected chi connectivity index (χ1v) is 10.6. The molecule has 0 aliphatic carbocycles. The van der Waals surface area contributed by atoms with Gasteiger partial charge < -0.3 is 4.57 Å². The van der Waals surface area contributed by atoms with E-state index in [9.17, 15) is 4.79 Å². The first-order valence-electron chi connectivity index (χ1n) is 9.36. The van der Waals surface area contributed by atoms with Crippen LogP contribution in [0.2, 0.25) is 5.02 Å². The summed E-state index contributed by atoms with van der Waals surface area (Å²) in [6.07, 6.45) is 3.91. The number of hydrogen-bond donors (Lipinski definition) is 0. The number of rotatable bonds is 5. The van der Waals surface area contributed by atoms with Crippen molar-refractivity contribution >= 4 is 40.0 Å². The number of hydrogen-bond acceptors (Lipinski definition) is 4. The summed E-state index contributed by atoms with van der Waals surface area (Å²) in [5.74, 6) is -0.0421. The van der Waals surface area contributed by atoms with E-state index in [0.29, 0.717) is 10.7 Å². The number of ketones is 1. The zero-order valence-electron chi connectivity index (χ0n) is 16.7. The highest BCUT2D eigenvalue weighted by Gasteiger charge is 2.19. The molecule has 0 N–H and O–H groups in total. The zero-order chi connectivity index (χ0) is 20.7. The van der Waals surface area contributed by atoms with Crippen LogP contribution >= 0.6 is 23.4 Å². The fourth-order valence-corrected chi connectivity index (χ4v) is 4.51. The summed E-state index contributed by atoms with van der Waals surface area (Å²) in [4.78, 5) is 17.3. The van der Waals surface area contributed by atoms with Crippen molar-refractivity contribution < 1.29 is 4.79 Å². The summed E-state index contributed by atoms with van der Waals surface area (Å²) >= 11 is 7.88. The molecule has 29 heavy (non-hydrogen) atoms. The predicted octanol–water partition coefficient (Wildman–Crippen LogP) is 6.12. The molecule has 4 rings (SSSR count). The Kier molecular flexibility index (Phi) is 5.23. The molecule has 0 bridgehead atoms. The number of benzene rings is 1. The van der Waals surface area contributed by atoms with Gasteiger partial charge in [0.1, 0.15) is 10.7 Å². The maximum absolute atomic E-state index is 11.7. The summed E-state index contributed by atoms with van der Waals surface area (Å²) in [5.41, 5.74) is 3.55. The van der Waals surface area contributed by atoms with Gasteiger partial charge in [0.15, 0.2) is 5.78 Å². The molecule has 0 aliphatic rings. The maximum Gasteiger partial charge on any atom is 0.178 e. The highest BCUT2D eigenvalue weighted by Crippen LogP contribution is 2.40. The second kappa shape index (κ2) is 7.69. The number of Topliss-reactive ketones (excluding diaryl/α,β-unsaturated/α-hetero) is 1. The minimum Gasteiger partial charge on any atom is -0.310 e. The second-order valence-electron chi connectivity index (χ2n) is 7.20. The van der Waals surface area contributed by atoms with E-state index in [-0.39, 0.29) is 11.8 Å². The summed E-state index contributed by atoms with van der Waals surface area (Å²) in [6.45, 7) is 7.81. The standard InChI is InChI=1S/C22H21ClN4OS/c1-13(2)26-12-17(11-24-26)27-14(3)22(18-9-8-16(23)10-20(18)27)29-21-7-5-6-19(25-21)15(4)28/h5-13H,1-4H3. The molecule has 1 aromatic carbocycles. The zero-order valence-corrected chi connectivity index (χ0v) is 18.3. The van der Waals surface area contributed by atoms with Gasteiger partial charge in [-0.3, -0.25) is 9.48 Å². The Morgan fingerprint density at radius 1 is 1.21 bits per heavy atom. The maximum atomic E-state index is 11.7. The van der Waals surface area contributed by atoms with Crippen molar-refractivity contribution in [1.82, 2.24) is 19.3 Å². The molecule has 0 saturated carbocycles. The van der Waals surface area contributed by atoms with E-state index in [0.717, 1.165) is 32.2 Å². The second-order valence-corrected chi connectivity index (χ2v) is 8.67.